The lowest BCUT2D eigenvalue weighted by molar-refractivity contribution is -0.148. The molecule has 120 valence electrons. The highest BCUT2D eigenvalue weighted by Crippen LogP contribution is 2.20. The highest BCUT2D eigenvalue weighted by molar-refractivity contribution is 5.84. The van der Waals surface area contributed by atoms with Crippen LogP contribution in [0, 0.1) is 0 Å². The molecule has 22 heavy (non-hydrogen) atoms. The van der Waals surface area contributed by atoms with E-state index in [2.05, 4.69) is 0 Å². The molecule has 1 aliphatic rings. The Morgan fingerprint density at radius 2 is 2.05 bits per heavy atom. The number of aliphatic carboxylic acids is 1. The number of carboxylic acid groups (broad SMARTS) is 1. The number of carboxylic acids is 1. The van der Waals surface area contributed by atoms with E-state index in [-0.39, 0.29) is 5.91 Å². The summed E-state index contributed by atoms with van der Waals surface area (Å²) in [4.78, 5) is 24.7. The Morgan fingerprint density at radius 3 is 2.68 bits per heavy atom. The molecule has 0 radical (unpaired) electrons. The van der Waals surface area contributed by atoms with E-state index in [1.807, 2.05) is 31.2 Å². The van der Waals surface area contributed by atoms with Crippen molar-refractivity contribution in [3.8, 4) is 5.75 Å². The highest BCUT2D eigenvalue weighted by atomic mass is 16.5. The molecule has 1 atom stereocenters. The number of ether oxygens (including phenoxy) is 1. The molecule has 0 aliphatic carbocycles. The number of hydrogen-bond acceptors (Lipinski definition) is 3. The van der Waals surface area contributed by atoms with E-state index in [9.17, 15) is 9.59 Å². The summed E-state index contributed by atoms with van der Waals surface area (Å²) in [6.07, 6.45) is 3.29. The summed E-state index contributed by atoms with van der Waals surface area (Å²) in [7, 11) is 0. The third-order valence-electron chi connectivity index (χ3n) is 3.95. The lowest BCUT2D eigenvalue weighted by atomic mass is 10.1. The van der Waals surface area contributed by atoms with Crippen molar-refractivity contribution in [3.63, 3.8) is 0 Å². The van der Waals surface area contributed by atoms with Crippen LogP contribution >= 0.6 is 0 Å². The van der Waals surface area contributed by atoms with Gasteiger partial charge in [-0.2, -0.15) is 0 Å². The lowest BCUT2D eigenvalue weighted by Crippen LogP contribution is -2.40. The first-order valence-corrected chi connectivity index (χ1v) is 7.86. The molecule has 5 heteroatoms. The number of amides is 1. The average molecular weight is 305 g/mol. The maximum atomic E-state index is 12.1. The van der Waals surface area contributed by atoms with Gasteiger partial charge < -0.3 is 14.7 Å². The standard InChI is InChI=1S/C17H23NO4/c1-2-22-14-10-8-13(9-11-14)5-3-7-16(19)18-12-4-6-15(18)17(20)21/h8-11,15H,2-7,12H2,1H3,(H,20,21). The van der Waals surface area contributed by atoms with Crippen molar-refractivity contribution in [2.24, 2.45) is 0 Å². The average Bonchev–Trinajstić information content (AvgIpc) is 2.99. The van der Waals surface area contributed by atoms with Crippen molar-refractivity contribution >= 4 is 11.9 Å². The normalized spacial score (nSPS) is 17.5. The van der Waals surface area contributed by atoms with Gasteiger partial charge in [0.1, 0.15) is 11.8 Å². The monoisotopic (exact) mass is 305 g/mol. The van der Waals surface area contributed by atoms with Crippen LogP contribution < -0.4 is 4.74 Å². The minimum absolute atomic E-state index is 0.0455. The molecular weight excluding hydrogens is 282 g/mol. The molecule has 2 rings (SSSR count). The number of aryl methyl sites for hydroxylation is 1. The predicted octanol–water partition coefficient (Wildman–Crippen LogP) is 2.48. The zero-order valence-electron chi connectivity index (χ0n) is 13.0. The van der Waals surface area contributed by atoms with E-state index < -0.39 is 12.0 Å². The summed E-state index contributed by atoms with van der Waals surface area (Å²) in [5.41, 5.74) is 1.16. The maximum Gasteiger partial charge on any atom is 0.326 e. The van der Waals surface area contributed by atoms with E-state index in [0.29, 0.717) is 26.0 Å². The Bertz CT molecular complexity index is 512. The third-order valence-corrected chi connectivity index (χ3v) is 3.95. The zero-order chi connectivity index (χ0) is 15.9. The molecule has 1 saturated heterocycles. The van der Waals surface area contributed by atoms with Crippen molar-refractivity contribution in [1.82, 2.24) is 4.90 Å². The van der Waals surface area contributed by atoms with Gasteiger partial charge in [0.2, 0.25) is 5.91 Å². The van der Waals surface area contributed by atoms with Crippen molar-refractivity contribution < 1.29 is 19.4 Å². The van der Waals surface area contributed by atoms with Crippen LogP contribution in [0.1, 0.15) is 38.2 Å². The minimum atomic E-state index is -0.891. The fourth-order valence-electron chi connectivity index (χ4n) is 2.83. The summed E-state index contributed by atoms with van der Waals surface area (Å²) >= 11 is 0. The molecule has 1 aromatic rings. The van der Waals surface area contributed by atoms with Gasteiger partial charge in [-0.1, -0.05) is 12.1 Å². The van der Waals surface area contributed by atoms with Crippen LogP contribution in [0.15, 0.2) is 24.3 Å². The molecule has 1 N–H and O–H groups in total. The first-order valence-electron chi connectivity index (χ1n) is 7.86. The summed E-state index contributed by atoms with van der Waals surface area (Å²) in [6, 6.07) is 7.25. The quantitative estimate of drug-likeness (QED) is 0.840. The Kier molecular flexibility index (Phi) is 5.81. The van der Waals surface area contributed by atoms with Crippen LogP contribution in [0.4, 0.5) is 0 Å². The largest absolute Gasteiger partial charge is 0.494 e. The lowest BCUT2D eigenvalue weighted by Gasteiger charge is -2.21. The fourth-order valence-corrected chi connectivity index (χ4v) is 2.83. The minimum Gasteiger partial charge on any atom is -0.494 e. The fraction of sp³-hybridized carbons (Fsp3) is 0.529. The molecule has 0 spiro atoms. The second kappa shape index (κ2) is 7.82. The first kappa shape index (κ1) is 16.3. The van der Waals surface area contributed by atoms with Gasteiger partial charge in [0.15, 0.2) is 0 Å². The smallest absolute Gasteiger partial charge is 0.326 e. The molecule has 1 amide bonds. The number of benzene rings is 1. The molecule has 0 aromatic heterocycles. The third kappa shape index (κ3) is 4.23. The van der Waals surface area contributed by atoms with Crippen LogP contribution in [0.5, 0.6) is 5.75 Å². The van der Waals surface area contributed by atoms with Gasteiger partial charge in [-0.25, -0.2) is 4.79 Å². The van der Waals surface area contributed by atoms with Crippen LogP contribution in [0.25, 0.3) is 0 Å². The SMILES string of the molecule is CCOc1ccc(CCCC(=O)N2CCCC2C(=O)O)cc1. The predicted molar refractivity (Wildman–Crippen MR) is 82.9 cm³/mol. The van der Waals surface area contributed by atoms with E-state index in [0.717, 1.165) is 30.6 Å². The zero-order valence-corrected chi connectivity index (χ0v) is 13.0. The summed E-state index contributed by atoms with van der Waals surface area (Å²) in [5.74, 6) is -0.0862. The van der Waals surface area contributed by atoms with E-state index in [1.54, 1.807) is 0 Å². The Morgan fingerprint density at radius 1 is 1.32 bits per heavy atom. The summed E-state index contributed by atoms with van der Waals surface area (Å²) in [5, 5.41) is 9.10. The first-order chi connectivity index (χ1) is 10.6. The second-order valence-corrected chi connectivity index (χ2v) is 5.51. The Labute approximate surface area is 130 Å². The molecular formula is C17H23NO4. The Balaban J connectivity index is 1.78. The number of rotatable bonds is 7. The second-order valence-electron chi connectivity index (χ2n) is 5.51. The molecule has 5 nitrogen and oxygen atoms in total. The molecule has 1 unspecified atom stereocenters. The van der Waals surface area contributed by atoms with Crippen LogP contribution in [-0.4, -0.2) is 41.1 Å². The van der Waals surface area contributed by atoms with E-state index in [4.69, 9.17) is 9.84 Å². The van der Waals surface area contributed by atoms with Gasteiger partial charge in [0.05, 0.1) is 6.61 Å². The van der Waals surface area contributed by atoms with Crippen molar-refractivity contribution in [3.05, 3.63) is 29.8 Å². The van der Waals surface area contributed by atoms with Crippen molar-refractivity contribution in [2.75, 3.05) is 13.2 Å². The Hall–Kier alpha value is -2.04. The van der Waals surface area contributed by atoms with Crippen molar-refractivity contribution in [2.45, 2.75) is 45.1 Å². The van der Waals surface area contributed by atoms with Gasteiger partial charge in [-0.3, -0.25) is 4.79 Å². The van der Waals surface area contributed by atoms with Crippen LogP contribution in [0.2, 0.25) is 0 Å². The summed E-state index contributed by atoms with van der Waals surface area (Å²) in [6.45, 7) is 3.16. The number of carbonyl (C=O) groups excluding carboxylic acids is 1. The van der Waals surface area contributed by atoms with Crippen molar-refractivity contribution in [1.29, 1.82) is 0 Å². The van der Waals surface area contributed by atoms with Gasteiger partial charge in [0, 0.05) is 13.0 Å². The molecule has 0 saturated carbocycles. The molecule has 1 heterocycles. The van der Waals surface area contributed by atoms with Crippen LogP contribution in [-0.2, 0) is 16.0 Å². The number of likely N-dealkylation sites (tertiary alicyclic amines) is 1. The number of nitrogens with zero attached hydrogens (tertiary/aromatic N) is 1. The number of hydrogen-bond donors (Lipinski definition) is 1. The molecule has 1 fully saturated rings. The van der Waals surface area contributed by atoms with Gasteiger partial charge in [-0.15, -0.1) is 0 Å². The highest BCUT2D eigenvalue weighted by Gasteiger charge is 2.33. The molecule has 1 aliphatic heterocycles. The van der Waals surface area contributed by atoms with Gasteiger partial charge in [-0.05, 0) is 50.3 Å². The topological polar surface area (TPSA) is 66.8 Å². The van der Waals surface area contributed by atoms with Gasteiger partial charge in [0.25, 0.3) is 0 Å². The number of carbonyl (C=O) groups is 2. The summed E-state index contributed by atoms with van der Waals surface area (Å²) < 4.78 is 5.39. The van der Waals surface area contributed by atoms with E-state index in [1.165, 1.54) is 4.90 Å². The van der Waals surface area contributed by atoms with E-state index >= 15 is 0 Å². The van der Waals surface area contributed by atoms with Gasteiger partial charge >= 0.3 is 5.97 Å². The maximum absolute atomic E-state index is 12.1. The van der Waals surface area contributed by atoms with Crippen LogP contribution in [0.3, 0.4) is 0 Å². The molecule has 1 aromatic carbocycles. The molecule has 0 bridgehead atoms.